The van der Waals surface area contributed by atoms with E-state index in [0.717, 1.165) is 22.6 Å². The van der Waals surface area contributed by atoms with Crippen molar-refractivity contribution in [3.63, 3.8) is 0 Å². The molecule has 1 unspecified atom stereocenters. The highest BCUT2D eigenvalue weighted by Crippen LogP contribution is 2.22. The second-order valence-electron chi connectivity index (χ2n) is 5.26. The lowest BCUT2D eigenvalue weighted by Crippen LogP contribution is -2.31. The fourth-order valence-electron chi connectivity index (χ4n) is 2.21. The van der Waals surface area contributed by atoms with Gasteiger partial charge in [0.05, 0.1) is 5.69 Å². The molecule has 21 heavy (non-hydrogen) atoms. The zero-order valence-electron chi connectivity index (χ0n) is 12.8. The van der Waals surface area contributed by atoms with Crippen LogP contribution in [0.5, 0.6) is 5.75 Å². The number of nitrogens with one attached hydrogen (secondary N) is 1. The fourth-order valence-corrected chi connectivity index (χ4v) is 2.21. The maximum atomic E-state index is 9.98. The molecule has 2 rings (SSSR count). The molecule has 1 aromatic heterocycles. The number of aromatic nitrogens is 2. The minimum absolute atomic E-state index is 0.282. The lowest BCUT2D eigenvalue weighted by Gasteiger charge is -2.16. The summed E-state index contributed by atoms with van der Waals surface area (Å²) in [6, 6.07) is 7.97. The Labute approximate surface area is 125 Å². The number of aliphatic hydroxyl groups excluding tert-OH is 1. The first kappa shape index (κ1) is 15.5. The van der Waals surface area contributed by atoms with Gasteiger partial charge in [-0.25, -0.2) is 0 Å². The average molecular weight is 289 g/mol. The van der Waals surface area contributed by atoms with Crippen molar-refractivity contribution in [1.82, 2.24) is 15.1 Å². The van der Waals surface area contributed by atoms with Gasteiger partial charge in [-0.15, -0.1) is 0 Å². The predicted molar refractivity (Wildman–Crippen MR) is 82.3 cm³/mol. The van der Waals surface area contributed by atoms with E-state index >= 15 is 0 Å². The molecule has 114 valence electrons. The lowest BCUT2D eigenvalue weighted by molar-refractivity contribution is 0.105. The molecule has 0 aliphatic carbocycles. The first-order valence-electron chi connectivity index (χ1n) is 7.12. The molecule has 0 amide bonds. The van der Waals surface area contributed by atoms with Crippen LogP contribution in [-0.4, -0.2) is 34.1 Å². The number of aryl methyl sites for hydroxylation is 3. The second kappa shape index (κ2) is 7.24. The number of benzene rings is 1. The summed E-state index contributed by atoms with van der Waals surface area (Å²) in [7, 11) is 1.90. The van der Waals surface area contributed by atoms with Crippen molar-refractivity contribution < 1.29 is 9.84 Å². The highest BCUT2D eigenvalue weighted by Gasteiger charge is 2.08. The molecule has 0 bridgehead atoms. The van der Waals surface area contributed by atoms with E-state index in [0.29, 0.717) is 13.1 Å². The van der Waals surface area contributed by atoms with Gasteiger partial charge >= 0.3 is 0 Å². The first-order chi connectivity index (χ1) is 10.1. The molecule has 2 N–H and O–H groups in total. The quantitative estimate of drug-likeness (QED) is 0.812. The Kier molecular flexibility index (Phi) is 5.36. The first-order valence-corrected chi connectivity index (χ1v) is 7.12. The van der Waals surface area contributed by atoms with E-state index in [-0.39, 0.29) is 6.61 Å². The predicted octanol–water partition coefficient (Wildman–Crippen LogP) is 1.57. The summed E-state index contributed by atoms with van der Waals surface area (Å²) >= 11 is 0. The molecule has 0 saturated heterocycles. The molecule has 0 aliphatic rings. The molecule has 0 fully saturated rings. The van der Waals surface area contributed by atoms with E-state index in [1.807, 2.05) is 49.8 Å². The van der Waals surface area contributed by atoms with Crippen LogP contribution in [0.25, 0.3) is 0 Å². The minimum Gasteiger partial charge on any atom is -0.490 e. The molecule has 0 radical (unpaired) electrons. The molecule has 0 aliphatic heterocycles. The van der Waals surface area contributed by atoms with Crippen molar-refractivity contribution >= 4 is 0 Å². The Morgan fingerprint density at radius 3 is 2.62 bits per heavy atom. The number of nitrogens with zero attached hydrogens (tertiary/aromatic N) is 2. The Morgan fingerprint density at radius 2 is 2.00 bits per heavy atom. The average Bonchev–Trinajstić information content (AvgIpc) is 2.84. The third-order valence-corrected chi connectivity index (χ3v) is 3.44. The van der Waals surface area contributed by atoms with Crippen molar-refractivity contribution in [3.8, 4) is 5.75 Å². The van der Waals surface area contributed by atoms with Gasteiger partial charge in [-0.3, -0.25) is 4.68 Å². The van der Waals surface area contributed by atoms with E-state index in [9.17, 15) is 5.11 Å². The van der Waals surface area contributed by atoms with Gasteiger partial charge in [0.15, 0.2) is 0 Å². The largest absolute Gasteiger partial charge is 0.490 e. The van der Waals surface area contributed by atoms with E-state index in [1.165, 1.54) is 0 Å². The van der Waals surface area contributed by atoms with Gasteiger partial charge in [-0.05, 0) is 31.0 Å². The van der Waals surface area contributed by atoms with Crippen LogP contribution in [0, 0.1) is 13.8 Å². The third-order valence-electron chi connectivity index (χ3n) is 3.44. The van der Waals surface area contributed by atoms with Crippen LogP contribution in [0.3, 0.4) is 0 Å². The van der Waals surface area contributed by atoms with Crippen molar-refractivity contribution in [2.24, 2.45) is 7.05 Å². The van der Waals surface area contributed by atoms with Crippen LogP contribution in [0.15, 0.2) is 30.5 Å². The summed E-state index contributed by atoms with van der Waals surface area (Å²) in [5, 5.41) is 17.3. The molecular formula is C16H23N3O2. The van der Waals surface area contributed by atoms with Gasteiger partial charge in [0.2, 0.25) is 0 Å². The molecule has 0 spiro atoms. The van der Waals surface area contributed by atoms with Crippen LogP contribution in [0.4, 0.5) is 0 Å². The maximum Gasteiger partial charge on any atom is 0.125 e. The van der Waals surface area contributed by atoms with Gasteiger partial charge in [-0.1, -0.05) is 18.2 Å². The summed E-state index contributed by atoms with van der Waals surface area (Å²) in [5.41, 5.74) is 3.26. The number of aliphatic hydroxyl groups is 1. The third kappa shape index (κ3) is 4.31. The molecule has 5 nitrogen and oxygen atoms in total. The molecule has 1 aromatic carbocycles. The van der Waals surface area contributed by atoms with Crippen LogP contribution in [0.1, 0.15) is 16.8 Å². The van der Waals surface area contributed by atoms with Gasteiger partial charge < -0.3 is 15.2 Å². The Hall–Kier alpha value is -1.85. The maximum absolute atomic E-state index is 9.98. The summed E-state index contributed by atoms with van der Waals surface area (Å²) in [5.74, 6) is 0.864. The minimum atomic E-state index is -0.544. The van der Waals surface area contributed by atoms with E-state index in [1.54, 1.807) is 6.20 Å². The van der Waals surface area contributed by atoms with Crippen LogP contribution in [0.2, 0.25) is 0 Å². The van der Waals surface area contributed by atoms with Crippen LogP contribution in [-0.2, 0) is 13.6 Å². The van der Waals surface area contributed by atoms with Gasteiger partial charge in [0.25, 0.3) is 0 Å². The monoisotopic (exact) mass is 289 g/mol. The fraction of sp³-hybridized carbons (Fsp3) is 0.438. The molecule has 1 atom stereocenters. The molecule has 0 saturated carbocycles. The molecular weight excluding hydrogens is 266 g/mol. The Balaban J connectivity index is 1.75. The lowest BCUT2D eigenvalue weighted by atomic mass is 10.1. The Bertz CT molecular complexity index is 560. The topological polar surface area (TPSA) is 59.3 Å². The van der Waals surface area contributed by atoms with Gasteiger partial charge in [0, 0.05) is 26.3 Å². The zero-order valence-corrected chi connectivity index (χ0v) is 12.8. The van der Waals surface area contributed by atoms with Crippen LogP contribution >= 0.6 is 0 Å². The SMILES string of the molecule is Cc1cccc(C)c1OCC(O)CNCc1ccnn1C. The van der Waals surface area contributed by atoms with Crippen molar-refractivity contribution in [2.75, 3.05) is 13.2 Å². The molecule has 2 aromatic rings. The summed E-state index contributed by atoms with van der Waals surface area (Å²) in [6.07, 6.45) is 1.22. The standard InChI is InChI=1S/C16H23N3O2/c1-12-5-4-6-13(2)16(12)21-11-15(20)10-17-9-14-7-8-18-19(14)3/h4-8,15,17,20H,9-11H2,1-3H3. The number of para-hydroxylation sites is 1. The highest BCUT2D eigenvalue weighted by molar-refractivity contribution is 5.39. The summed E-state index contributed by atoms with van der Waals surface area (Å²) in [4.78, 5) is 0. The Morgan fingerprint density at radius 1 is 1.29 bits per heavy atom. The van der Waals surface area contributed by atoms with Crippen molar-refractivity contribution in [2.45, 2.75) is 26.5 Å². The van der Waals surface area contributed by atoms with Gasteiger partial charge in [-0.2, -0.15) is 5.10 Å². The van der Waals surface area contributed by atoms with Crippen LogP contribution < -0.4 is 10.1 Å². The highest BCUT2D eigenvalue weighted by atomic mass is 16.5. The van der Waals surface area contributed by atoms with Crippen molar-refractivity contribution in [1.29, 1.82) is 0 Å². The number of ether oxygens (including phenoxy) is 1. The second-order valence-corrected chi connectivity index (χ2v) is 5.26. The number of hydrogen-bond donors (Lipinski definition) is 2. The van der Waals surface area contributed by atoms with Gasteiger partial charge in [0.1, 0.15) is 18.5 Å². The summed E-state index contributed by atoms with van der Waals surface area (Å²) < 4.78 is 7.55. The van der Waals surface area contributed by atoms with E-state index < -0.39 is 6.10 Å². The summed E-state index contributed by atoms with van der Waals surface area (Å²) in [6.45, 7) is 5.46. The van der Waals surface area contributed by atoms with E-state index in [2.05, 4.69) is 10.4 Å². The number of hydrogen-bond acceptors (Lipinski definition) is 4. The normalized spacial score (nSPS) is 12.4. The van der Waals surface area contributed by atoms with E-state index in [4.69, 9.17) is 4.74 Å². The number of rotatable bonds is 7. The molecule has 1 heterocycles. The molecule has 5 heteroatoms. The van der Waals surface area contributed by atoms with Crippen molar-refractivity contribution in [3.05, 3.63) is 47.3 Å². The zero-order chi connectivity index (χ0) is 15.2. The smallest absolute Gasteiger partial charge is 0.125 e.